The van der Waals surface area contributed by atoms with E-state index >= 15 is 0 Å². The van der Waals surface area contributed by atoms with E-state index in [4.69, 9.17) is 4.74 Å². The second-order valence-corrected chi connectivity index (χ2v) is 5.74. The Balaban J connectivity index is 2.43. The minimum atomic E-state index is -1.18. The van der Waals surface area contributed by atoms with Crippen molar-refractivity contribution in [1.82, 2.24) is 20.2 Å². The largest absolute Gasteiger partial charge is 0.479 e. The summed E-state index contributed by atoms with van der Waals surface area (Å²) in [7, 11) is 0. The number of aliphatic carboxylic acids is 1. The van der Waals surface area contributed by atoms with Gasteiger partial charge < -0.3 is 9.84 Å². The van der Waals surface area contributed by atoms with Gasteiger partial charge in [-0.2, -0.15) is 0 Å². The first-order valence-corrected chi connectivity index (χ1v) is 6.44. The highest BCUT2D eigenvalue weighted by atomic mass is 16.5. The summed E-state index contributed by atoms with van der Waals surface area (Å²) in [6.45, 7) is 9.23. The lowest BCUT2D eigenvalue weighted by atomic mass is 9.88. The Kier molecular flexibility index (Phi) is 3.34. The van der Waals surface area contributed by atoms with Crippen LogP contribution in [0.25, 0.3) is 0 Å². The monoisotopic (exact) mass is 268 g/mol. The summed E-state index contributed by atoms with van der Waals surface area (Å²) in [6.07, 6.45) is 0.0810. The van der Waals surface area contributed by atoms with Crippen LogP contribution in [0.4, 0.5) is 0 Å². The van der Waals surface area contributed by atoms with Crippen LogP contribution in [0, 0.1) is 5.92 Å². The molecule has 2 rings (SSSR count). The van der Waals surface area contributed by atoms with Crippen molar-refractivity contribution >= 4 is 5.97 Å². The molecule has 1 aliphatic rings. The SMILES string of the molecule is CC1OC(C)C(c2nnnn2C(C)(C)C(=O)O)C1C. The molecule has 2 heterocycles. The van der Waals surface area contributed by atoms with Gasteiger partial charge in [0.25, 0.3) is 0 Å². The molecule has 0 radical (unpaired) electrons. The van der Waals surface area contributed by atoms with E-state index < -0.39 is 11.5 Å². The van der Waals surface area contributed by atoms with Crippen molar-refractivity contribution in [3.63, 3.8) is 0 Å². The Morgan fingerprint density at radius 1 is 1.32 bits per heavy atom. The van der Waals surface area contributed by atoms with E-state index in [0.29, 0.717) is 5.82 Å². The molecule has 0 spiro atoms. The zero-order valence-electron chi connectivity index (χ0n) is 11.9. The van der Waals surface area contributed by atoms with Crippen LogP contribution in [0.5, 0.6) is 0 Å². The van der Waals surface area contributed by atoms with Crippen molar-refractivity contribution in [2.45, 2.75) is 58.3 Å². The van der Waals surface area contributed by atoms with Crippen molar-refractivity contribution in [3.05, 3.63) is 5.82 Å². The Bertz CT molecular complexity index is 485. The predicted molar refractivity (Wildman–Crippen MR) is 66.7 cm³/mol. The van der Waals surface area contributed by atoms with Crippen molar-refractivity contribution in [1.29, 1.82) is 0 Å². The fraction of sp³-hybridized carbons (Fsp3) is 0.833. The molecule has 4 atom stereocenters. The third-order valence-electron chi connectivity index (χ3n) is 4.09. The van der Waals surface area contributed by atoms with Crippen molar-refractivity contribution in [2.75, 3.05) is 0 Å². The van der Waals surface area contributed by atoms with Gasteiger partial charge in [-0.3, -0.25) is 0 Å². The molecule has 0 saturated carbocycles. The van der Waals surface area contributed by atoms with Crippen molar-refractivity contribution in [3.8, 4) is 0 Å². The molecular formula is C12H20N4O3. The Hall–Kier alpha value is -1.50. The van der Waals surface area contributed by atoms with Crippen molar-refractivity contribution < 1.29 is 14.6 Å². The zero-order chi connectivity index (χ0) is 14.4. The molecular weight excluding hydrogens is 248 g/mol. The fourth-order valence-corrected chi connectivity index (χ4v) is 2.60. The number of aromatic nitrogens is 4. The highest BCUT2D eigenvalue weighted by Crippen LogP contribution is 2.39. The van der Waals surface area contributed by atoms with E-state index in [1.165, 1.54) is 4.68 Å². The Morgan fingerprint density at radius 2 is 1.95 bits per heavy atom. The van der Waals surface area contributed by atoms with Gasteiger partial charge in [-0.1, -0.05) is 6.92 Å². The van der Waals surface area contributed by atoms with Gasteiger partial charge in [-0.25, -0.2) is 9.48 Å². The lowest BCUT2D eigenvalue weighted by Crippen LogP contribution is -2.39. The first-order valence-electron chi connectivity index (χ1n) is 6.44. The number of hydrogen-bond acceptors (Lipinski definition) is 5. The van der Waals surface area contributed by atoms with Gasteiger partial charge in [0, 0.05) is 0 Å². The Labute approximate surface area is 111 Å². The van der Waals surface area contributed by atoms with Gasteiger partial charge in [0.1, 0.15) is 0 Å². The topological polar surface area (TPSA) is 90.1 Å². The number of rotatable bonds is 3. The maximum Gasteiger partial charge on any atom is 0.331 e. The number of carboxylic acid groups (broad SMARTS) is 1. The van der Waals surface area contributed by atoms with Crippen LogP contribution in [0.15, 0.2) is 0 Å². The zero-order valence-corrected chi connectivity index (χ0v) is 11.9. The standard InChI is InChI=1S/C12H20N4O3/c1-6-7(2)19-8(3)9(6)10-13-14-15-16(10)12(4,5)11(17)18/h6-9H,1-5H3,(H,17,18). The van der Waals surface area contributed by atoms with Crippen molar-refractivity contribution in [2.24, 2.45) is 5.92 Å². The molecule has 0 aliphatic carbocycles. The second kappa shape index (κ2) is 4.56. The van der Waals surface area contributed by atoms with Crippen LogP contribution >= 0.6 is 0 Å². The maximum atomic E-state index is 11.4. The molecule has 106 valence electrons. The smallest absolute Gasteiger partial charge is 0.331 e. The molecule has 1 aromatic rings. The summed E-state index contributed by atoms with van der Waals surface area (Å²) in [5.74, 6) is -0.141. The molecule has 7 heteroatoms. The first kappa shape index (κ1) is 13.9. The van der Waals surface area contributed by atoms with E-state index in [1.807, 2.05) is 13.8 Å². The molecule has 1 N–H and O–H groups in total. The summed E-state index contributed by atoms with van der Waals surface area (Å²) >= 11 is 0. The normalized spacial score (nSPS) is 31.6. The quantitative estimate of drug-likeness (QED) is 0.880. The molecule has 0 bridgehead atoms. The number of ether oxygens (including phenoxy) is 1. The highest BCUT2D eigenvalue weighted by molar-refractivity contribution is 5.75. The summed E-state index contributed by atoms with van der Waals surface area (Å²) in [6, 6.07) is 0. The lowest BCUT2D eigenvalue weighted by molar-refractivity contribution is -0.146. The number of tetrazole rings is 1. The molecule has 1 aliphatic heterocycles. The van der Waals surface area contributed by atoms with Gasteiger partial charge in [0.15, 0.2) is 11.4 Å². The summed E-state index contributed by atoms with van der Waals surface area (Å²) in [5.41, 5.74) is -1.18. The summed E-state index contributed by atoms with van der Waals surface area (Å²) in [4.78, 5) is 11.4. The molecule has 4 unspecified atom stereocenters. The molecule has 0 amide bonds. The average Bonchev–Trinajstić information content (AvgIpc) is 2.85. The van der Waals surface area contributed by atoms with E-state index in [-0.39, 0.29) is 24.0 Å². The average molecular weight is 268 g/mol. The molecule has 1 aromatic heterocycles. The summed E-state index contributed by atoms with van der Waals surface area (Å²) in [5, 5.41) is 20.9. The first-order chi connectivity index (χ1) is 8.76. The molecule has 1 saturated heterocycles. The van der Waals surface area contributed by atoms with Crippen LogP contribution < -0.4 is 0 Å². The van der Waals surface area contributed by atoms with Crippen LogP contribution in [-0.2, 0) is 15.1 Å². The highest BCUT2D eigenvalue weighted by Gasteiger charge is 2.44. The van der Waals surface area contributed by atoms with E-state index in [1.54, 1.807) is 13.8 Å². The lowest BCUT2D eigenvalue weighted by Gasteiger charge is -2.24. The van der Waals surface area contributed by atoms with Gasteiger partial charge in [-0.15, -0.1) is 5.10 Å². The van der Waals surface area contributed by atoms with Crippen LogP contribution in [-0.4, -0.2) is 43.5 Å². The molecule has 7 nitrogen and oxygen atoms in total. The maximum absolute atomic E-state index is 11.4. The van der Waals surface area contributed by atoms with E-state index in [2.05, 4.69) is 22.4 Å². The minimum Gasteiger partial charge on any atom is -0.479 e. The molecule has 19 heavy (non-hydrogen) atoms. The number of nitrogens with zero attached hydrogens (tertiary/aromatic N) is 4. The van der Waals surface area contributed by atoms with Gasteiger partial charge in [0.05, 0.1) is 18.1 Å². The number of carboxylic acids is 1. The Morgan fingerprint density at radius 3 is 2.42 bits per heavy atom. The summed E-state index contributed by atoms with van der Waals surface area (Å²) < 4.78 is 7.18. The minimum absolute atomic E-state index is 0.00336. The second-order valence-electron chi connectivity index (χ2n) is 5.74. The molecule has 0 aromatic carbocycles. The third kappa shape index (κ3) is 2.11. The van der Waals surface area contributed by atoms with Gasteiger partial charge >= 0.3 is 5.97 Å². The van der Waals surface area contributed by atoms with Gasteiger partial charge in [-0.05, 0) is 44.0 Å². The van der Waals surface area contributed by atoms with Crippen LogP contribution in [0.3, 0.4) is 0 Å². The van der Waals surface area contributed by atoms with E-state index in [0.717, 1.165) is 0 Å². The van der Waals surface area contributed by atoms with Crippen LogP contribution in [0.2, 0.25) is 0 Å². The van der Waals surface area contributed by atoms with Crippen LogP contribution in [0.1, 0.15) is 46.4 Å². The fourth-order valence-electron chi connectivity index (χ4n) is 2.60. The number of hydrogen-bond donors (Lipinski definition) is 1. The third-order valence-corrected chi connectivity index (χ3v) is 4.09. The molecule has 1 fully saturated rings. The predicted octanol–water partition coefficient (Wildman–Crippen LogP) is 1.02. The number of carbonyl (C=O) groups is 1. The van der Waals surface area contributed by atoms with Gasteiger partial charge in [0.2, 0.25) is 0 Å². The van der Waals surface area contributed by atoms with E-state index in [9.17, 15) is 9.90 Å².